The number of nitrogens with one attached hydrogen (secondary N) is 2. The molecule has 2 N–H and O–H groups in total. The first-order valence-corrected chi connectivity index (χ1v) is 15.6. The summed E-state index contributed by atoms with van der Waals surface area (Å²) < 4.78 is 37.0. The van der Waals surface area contributed by atoms with Crippen LogP contribution in [-0.4, -0.2) is 68.4 Å². The fraction of sp³-hybridized carbons (Fsp3) is 0.355. The number of carbonyl (C=O) groups is 2. The third-order valence-corrected chi connectivity index (χ3v) is 9.29. The minimum absolute atomic E-state index is 0.0611. The van der Waals surface area contributed by atoms with Gasteiger partial charge < -0.3 is 15.5 Å². The van der Waals surface area contributed by atoms with Crippen molar-refractivity contribution in [1.82, 2.24) is 15.5 Å². The molecule has 210 valence electrons. The molecule has 0 bridgehead atoms. The van der Waals surface area contributed by atoms with Gasteiger partial charge in [-0.05, 0) is 66.8 Å². The van der Waals surface area contributed by atoms with Gasteiger partial charge in [0.05, 0.1) is 11.5 Å². The third kappa shape index (κ3) is 7.14. The minimum Gasteiger partial charge on any atom is -0.340 e. The molecular weight excluding hydrogens is 529 g/mol. The van der Waals surface area contributed by atoms with Crippen molar-refractivity contribution in [3.05, 3.63) is 95.8 Å². The lowest BCUT2D eigenvalue weighted by Gasteiger charge is -2.30. The van der Waals surface area contributed by atoms with Crippen LogP contribution in [0.2, 0.25) is 0 Å². The molecule has 1 heterocycles. The summed E-state index contributed by atoms with van der Waals surface area (Å²) in [5, 5.41) is 6.41. The molecule has 0 spiro atoms. The zero-order valence-electron chi connectivity index (χ0n) is 22.3. The molecule has 1 saturated carbocycles. The van der Waals surface area contributed by atoms with Crippen molar-refractivity contribution < 1.29 is 22.4 Å². The van der Waals surface area contributed by atoms with Crippen LogP contribution < -0.4 is 10.6 Å². The lowest BCUT2D eigenvalue weighted by Crippen LogP contribution is -2.53. The topological polar surface area (TPSA) is 95.6 Å². The van der Waals surface area contributed by atoms with Gasteiger partial charge >= 0.3 is 0 Å². The molecule has 2 aliphatic rings. The lowest BCUT2D eigenvalue weighted by atomic mass is 10.0. The number of rotatable bonds is 10. The van der Waals surface area contributed by atoms with Crippen molar-refractivity contribution in [2.75, 3.05) is 31.1 Å². The predicted molar refractivity (Wildman–Crippen MR) is 153 cm³/mol. The maximum Gasteiger partial charge on any atom is 0.251 e. The quantitative estimate of drug-likeness (QED) is 0.366. The first-order valence-electron chi connectivity index (χ1n) is 13.7. The van der Waals surface area contributed by atoms with Gasteiger partial charge in [-0.3, -0.25) is 9.59 Å². The largest absolute Gasteiger partial charge is 0.340 e. The normalized spacial score (nSPS) is 20.5. The van der Waals surface area contributed by atoms with Gasteiger partial charge in [-0.1, -0.05) is 54.6 Å². The van der Waals surface area contributed by atoms with Crippen LogP contribution in [0.5, 0.6) is 0 Å². The molecule has 9 heteroatoms. The molecule has 0 aromatic heterocycles. The van der Waals surface area contributed by atoms with Crippen molar-refractivity contribution >= 4 is 21.7 Å². The lowest BCUT2D eigenvalue weighted by molar-refractivity contribution is -0.133. The van der Waals surface area contributed by atoms with Gasteiger partial charge in [0.25, 0.3) is 5.91 Å². The Morgan fingerprint density at radius 1 is 0.900 bits per heavy atom. The number of benzene rings is 3. The molecule has 5 rings (SSSR count). The van der Waals surface area contributed by atoms with Gasteiger partial charge in [0.1, 0.15) is 11.9 Å². The second-order valence-electron chi connectivity index (χ2n) is 10.5. The molecule has 2 amide bonds. The highest BCUT2D eigenvalue weighted by Gasteiger charge is 2.38. The molecule has 0 radical (unpaired) electrons. The summed E-state index contributed by atoms with van der Waals surface area (Å²) in [5.74, 6) is -0.603. The fourth-order valence-electron chi connectivity index (χ4n) is 5.19. The Kier molecular flexibility index (Phi) is 8.61. The third-order valence-electron chi connectivity index (χ3n) is 7.68. The van der Waals surface area contributed by atoms with Crippen molar-refractivity contribution in [3.63, 3.8) is 0 Å². The highest BCUT2D eigenvalue weighted by Crippen LogP contribution is 2.40. The summed E-state index contributed by atoms with van der Waals surface area (Å²) >= 11 is 0. The summed E-state index contributed by atoms with van der Waals surface area (Å²) in [6, 6.07) is 23.3. The molecule has 40 heavy (non-hydrogen) atoms. The van der Waals surface area contributed by atoms with E-state index in [1.807, 2.05) is 54.6 Å². The Labute approximate surface area is 234 Å². The summed E-state index contributed by atoms with van der Waals surface area (Å²) in [6.07, 6.45) is 2.06. The zero-order valence-corrected chi connectivity index (χ0v) is 23.1. The van der Waals surface area contributed by atoms with Crippen LogP contribution in [0.25, 0.3) is 11.1 Å². The maximum atomic E-state index is 13.4. The Morgan fingerprint density at radius 3 is 2.23 bits per heavy atom. The van der Waals surface area contributed by atoms with Crippen molar-refractivity contribution in [3.8, 4) is 11.1 Å². The molecule has 3 aromatic carbocycles. The van der Waals surface area contributed by atoms with Crippen LogP contribution in [0.4, 0.5) is 4.39 Å². The van der Waals surface area contributed by atoms with Gasteiger partial charge in [0.2, 0.25) is 5.91 Å². The summed E-state index contributed by atoms with van der Waals surface area (Å²) in [7, 11) is -3.13. The average molecular weight is 564 g/mol. The first-order chi connectivity index (χ1) is 19.3. The van der Waals surface area contributed by atoms with Gasteiger partial charge in [-0.15, -0.1) is 0 Å². The van der Waals surface area contributed by atoms with E-state index in [4.69, 9.17) is 0 Å². The highest BCUT2D eigenvalue weighted by atomic mass is 32.2. The molecule has 3 aromatic rings. The van der Waals surface area contributed by atoms with Crippen molar-refractivity contribution in [1.29, 1.82) is 0 Å². The summed E-state index contributed by atoms with van der Waals surface area (Å²) in [5.41, 5.74) is 3.60. The molecule has 1 aliphatic heterocycles. The predicted octanol–water partition coefficient (Wildman–Crippen LogP) is 3.77. The van der Waals surface area contributed by atoms with E-state index in [9.17, 15) is 22.4 Å². The number of amides is 2. The van der Waals surface area contributed by atoms with Gasteiger partial charge in [-0.2, -0.15) is 0 Å². The SMILES string of the molecule is O=C(N[C@@H](CCCN[C@@H]1C[C@H]1c1ccc(F)cc1)C(=O)N1CCS(=O)(=O)CC1)c1ccc(-c2ccccc2)cc1. The van der Waals surface area contributed by atoms with Crippen LogP contribution in [0.3, 0.4) is 0 Å². The second-order valence-corrected chi connectivity index (χ2v) is 12.8. The Balaban J connectivity index is 1.18. The van der Waals surface area contributed by atoms with E-state index in [0.717, 1.165) is 23.1 Å². The number of carbonyl (C=O) groups excluding carboxylic acids is 2. The average Bonchev–Trinajstić information content (AvgIpc) is 3.74. The van der Waals surface area contributed by atoms with E-state index in [2.05, 4.69) is 10.6 Å². The van der Waals surface area contributed by atoms with E-state index < -0.39 is 15.9 Å². The Bertz CT molecular complexity index is 1420. The molecule has 3 atom stereocenters. The van der Waals surface area contributed by atoms with E-state index >= 15 is 0 Å². The maximum absolute atomic E-state index is 13.4. The molecule has 2 fully saturated rings. The standard InChI is InChI=1S/C31H34FN3O4S/c32-26-14-12-24(13-15-26)27-21-29(27)33-16-4-7-28(31(37)35-17-19-40(38,39)20-18-35)34-30(36)25-10-8-23(9-11-25)22-5-2-1-3-6-22/h1-3,5-6,8-15,27-29,33H,4,7,16-21H2,(H,34,36)/t27-,28-,29+/m0/s1. The molecular formula is C31H34FN3O4S. The monoisotopic (exact) mass is 563 g/mol. The van der Waals surface area contributed by atoms with Gasteiger partial charge in [-0.25, -0.2) is 12.8 Å². The highest BCUT2D eigenvalue weighted by molar-refractivity contribution is 7.91. The summed E-state index contributed by atoms with van der Waals surface area (Å²) in [4.78, 5) is 28.1. The van der Waals surface area contributed by atoms with E-state index in [1.54, 1.807) is 17.0 Å². The van der Waals surface area contributed by atoms with E-state index in [-0.39, 0.29) is 42.2 Å². The molecule has 0 unspecified atom stereocenters. The van der Waals surface area contributed by atoms with E-state index in [0.29, 0.717) is 36.9 Å². The number of hydrogen-bond donors (Lipinski definition) is 2. The number of sulfone groups is 1. The Morgan fingerprint density at radius 2 is 1.55 bits per heavy atom. The van der Waals surface area contributed by atoms with Gasteiger partial charge in [0.15, 0.2) is 9.84 Å². The second kappa shape index (κ2) is 12.3. The van der Waals surface area contributed by atoms with Crippen LogP contribution >= 0.6 is 0 Å². The summed E-state index contributed by atoms with van der Waals surface area (Å²) in [6.45, 7) is 0.945. The molecule has 1 saturated heterocycles. The van der Waals surface area contributed by atoms with Crippen LogP contribution in [0, 0.1) is 5.82 Å². The van der Waals surface area contributed by atoms with Crippen molar-refractivity contribution in [2.24, 2.45) is 0 Å². The van der Waals surface area contributed by atoms with E-state index in [1.165, 1.54) is 12.1 Å². The minimum atomic E-state index is -3.13. The number of hydrogen-bond acceptors (Lipinski definition) is 5. The molecule has 7 nitrogen and oxygen atoms in total. The van der Waals surface area contributed by atoms with Crippen LogP contribution in [-0.2, 0) is 14.6 Å². The van der Waals surface area contributed by atoms with Gasteiger partial charge in [0, 0.05) is 30.6 Å². The zero-order chi connectivity index (χ0) is 28.1. The van der Waals surface area contributed by atoms with Crippen molar-refractivity contribution in [2.45, 2.75) is 37.3 Å². The van der Waals surface area contributed by atoms with Crippen LogP contribution in [0.15, 0.2) is 78.9 Å². The number of nitrogens with zero attached hydrogens (tertiary/aromatic N) is 1. The number of halogens is 1. The fourth-order valence-corrected chi connectivity index (χ4v) is 6.39. The Hall–Kier alpha value is -3.56. The first kappa shape index (κ1) is 28.0. The smallest absolute Gasteiger partial charge is 0.251 e. The molecule has 1 aliphatic carbocycles. The van der Waals surface area contributed by atoms with Crippen LogP contribution in [0.1, 0.15) is 41.1 Å².